The van der Waals surface area contributed by atoms with E-state index in [0.29, 0.717) is 0 Å². The zero-order valence-corrected chi connectivity index (χ0v) is 11.0. The number of rotatable bonds is 3. The van der Waals surface area contributed by atoms with E-state index in [9.17, 15) is 18.0 Å². The summed E-state index contributed by atoms with van der Waals surface area (Å²) in [6.45, 7) is 6.30. The molecule has 0 heterocycles. The first-order chi connectivity index (χ1) is 9.10. The Morgan fingerprint density at radius 2 is 1.70 bits per heavy atom. The number of esters is 1. The molecular formula is C15H13F3O2. The molecule has 0 spiro atoms. The average Bonchev–Trinajstić information content (AvgIpc) is 2.37. The second kappa shape index (κ2) is 5.41. The summed E-state index contributed by atoms with van der Waals surface area (Å²) in [6.07, 6.45) is 0.901. The summed E-state index contributed by atoms with van der Waals surface area (Å²) in [5.74, 6) is 1.57. The molecule has 1 unspecified atom stereocenters. The fourth-order valence-electron chi connectivity index (χ4n) is 1.42. The number of carbonyl (C=O) groups excluding carboxylic acids is 1. The molecule has 1 rings (SSSR count). The van der Waals surface area contributed by atoms with Gasteiger partial charge in [0.2, 0.25) is 0 Å². The highest BCUT2D eigenvalue weighted by Gasteiger charge is 2.33. The van der Waals surface area contributed by atoms with E-state index in [1.165, 1.54) is 26.0 Å². The third kappa shape index (κ3) is 3.41. The summed E-state index contributed by atoms with van der Waals surface area (Å²) in [6, 6.07) is 4.15. The van der Waals surface area contributed by atoms with Gasteiger partial charge >= 0.3 is 12.1 Å². The molecule has 0 bridgehead atoms. The van der Waals surface area contributed by atoms with Crippen LogP contribution in [0, 0.1) is 12.3 Å². The minimum Gasteiger partial charge on any atom is -0.438 e. The van der Waals surface area contributed by atoms with E-state index in [2.05, 4.69) is 12.5 Å². The van der Waals surface area contributed by atoms with E-state index in [1.807, 2.05) is 0 Å². The summed E-state index contributed by atoms with van der Waals surface area (Å²) >= 11 is 0. The molecular weight excluding hydrogens is 269 g/mol. The van der Waals surface area contributed by atoms with Crippen molar-refractivity contribution in [3.63, 3.8) is 0 Å². The van der Waals surface area contributed by atoms with E-state index in [4.69, 9.17) is 11.2 Å². The number of halogens is 3. The normalized spacial score (nSPS) is 14.0. The minimum atomic E-state index is -4.43. The van der Waals surface area contributed by atoms with Crippen LogP contribution in [0.1, 0.15) is 25.0 Å². The molecule has 0 fully saturated rings. The van der Waals surface area contributed by atoms with Crippen LogP contribution in [0.2, 0.25) is 0 Å². The Hall–Kier alpha value is -2.22. The fraction of sp³-hybridized carbons (Fsp3) is 0.267. The maximum Gasteiger partial charge on any atom is 0.416 e. The van der Waals surface area contributed by atoms with Gasteiger partial charge in [0.25, 0.3) is 0 Å². The average molecular weight is 282 g/mol. The Kier molecular flexibility index (Phi) is 4.29. The van der Waals surface area contributed by atoms with Crippen molar-refractivity contribution in [1.29, 1.82) is 0 Å². The zero-order valence-electron chi connectivity index (χ0n) is 11.0. The Morgan fingerprint density at radius 1 is 1.25 bits per heavy atom. The first-order valence-electron chi connectivity index (χ1n) is 5.64. The Labute approximate surface area is 115 Å². The standard InChI is InChI=1S/C15H13F3O2/c1-5-14(4,20-13(19)10(2)3)11-6-8-12(9-7-11)15(16,17)18/h1,6-9H,2H2,3-4H3. The van der Waals surface area contributed by atoms with Gasteiger partial charge in [-0.1, -0.05) is 24.6 Å². The Morgan fingerprint density at radius 3 is 2.05 bits per heavy atom. The molecule has 0 aliphatic heterocycles. The van der Waals surface area contributed by atoms with Crippen LogP contribution in [0.5, 0.6) is 0 Å². The van der Waals surface area contributed by atoms with E-state index in [0.717, 1.165) is 12.1 Å². The minimum absolute atomic E-state index is 0.151. The van der Waals surface area contributed by atoms with Gasteiger partial charge in [0.05, 0.1) is 5.56 Å². The van der Waals surface area contributed by atoms with Crippen molar-refractivity contribution < 1.29 is 22.7 Å². The van der Waals surface area contributed by atoms with Crippen molar-refractivity contribution in [2.75, 3.05) is 0 Å². The fourth-order valence-corrected chi connectivity index (χ4v) is 1.42. The number of terminal acetylenes is 1. The lowest BCUT2D eigenvalue weighted by Gasteiger charge is -2.25. The summed E-state index contributed by atoms with van der Waals surface area (Å²) in [4.78, 5) is 11.5. The van der Waals surface area contributed by atoms with Gasteiger partial charge in [0.1, 0.15) is 0 Å². The van der Waals surface area contributed by atoms with Gasteiger partial charge in [-0.15, -0.1) is 6.42 Å². The smallest absolute Gasteiger partial charge is 0.416 e. The van der Waals surface area contributed by atoms with Crippen molar-refractivity contribution in [2.24, 2.45) is 0 Å². The quantitative estimate of drug-likeness (QED) is 0.480. The molecule has 106 valence electrons. The first kappa shape index (κ1) is 15.8. The van der Waals surface area contributed by atoms with Gasteiger partial charge in [0.15, 0.2) is 5.60 Å². The molecule has 20 heavy (non-hydrogen) atoms. The van der Waals surface area contributed by atoms with Gasteiger partial charge in [-0.25, -0.2) is 4.79 Å². The summed E-state index contributed by atoms with van der Waals surface area (Å²) in [5.41, 5.74) is -1.81. The third-order valence-corrected chi connectivity index (χ3v) is 2.68. The number of hydrogen-bond donors (Lipinski definition) is 0. The van der Waals surface area contributed by atoms with Gasteiger partial charge in [0, 0.05) is 11.1 Å². The molecule has 0 radical (unpaired) electrons. The predicted octanol–water partition coefficient (Wildman–Crippen LogP) is 3.67. The van der Waals surface area contributed by atoms with Crippen LogP contribution in [0.15, 0.2) is 36.4 Å². The molecule has 0 saturated carbocycles. The van der Waals surface area contributed by atoms with Crippen molar-refractivity contribution in [1.82, 2.24) is 0 Å². The molecule has 1 aromatic rings. The molecule has 0 aliphatic rings. The lowest BCUT2D eigenvalue weighted by atomic mass is 9.95. The lowest BCUT2D eigenvalue weighted by molar-refractivity contribution is -0.149. The number of carbonyl (C=O) groups is 1. The van der Waals surface area contributed by atoms with Crippen molar-refractivity contribution >= 4 is 5.97 Å². The van der Waals surface area contributed by atoms with E-state index >= 15 is 0 Å². The molecule has 5 heteroatoms. The summed E-state index contributed by atoms with van der Waals surface area (Å²) < 4.78 is 42.5. The van der Waals surface area contributed by atoms with Crippen molar-refractivity contribution in [3.05, 3.63) is 47.5 Å². The predicted molar refractivity (Wildman–Crippen MR) is 68.5 cm³/mol. The van der Waals surface area contributed by atoms with Crippen molar-refractivity contribution in [3.8, 4) is 12.3 Å². The maximum atomic E-state index is 12.5. The highest BCUT2D eigenvalue weighted by molar-refractivity contribution is 5.87. The van der Waals surface area contributed by atoms with Crippen LogP contribution >= 0.6 is 0 Å². The SMILES string of the molecule is C#CC(C)(OC(=O)C(=C)C)c1ccc(C(F)(F)F)cc1. The third-order valence-electron chi connectivity index (χ3n) is 2.68. The largest absolute Gasteiger partial charge is 0.438 e. The second-order valence-electron chi connectivity index (χ2n) is 4.42. The van der Waals surface area contributed by atoms with Gasteiger partial charge in [-0.2, -0.15) is 13.2 Å². The molecule has 0 amide bonds. The lowest BCUT2D eigenvalue weighted by Crippen LogP contribution is -2.27. The van der Waals surface area contributed by atoms with Crippen LogP contribution < -0.4 is 0 Å². The van der Waals surface area contributed by atoms with E-state index < -0.39 is 23.3 Å². The highest BCUT2D eigenvalue weighted by Crippen LogP contribution is 2.32. The topological polar surface area (TPSA) is 26.3 Å². The molecule has 0 aromatic heterocycles. The Bertz CT molecular complexity index is 564. The van der Waals surface area contributed by atoms with E-state index in [-0.39, 0.29) is 11.1 Å². The highest BCUT2D eigenvalue weighted by atomic mass is 19.4. The first-order valence-corrected chi connectivity index (χ1v) is 5.64. The van der Waals surface area contributed by atoms with Crippen LogP contribution in [-0.2, 0) is 21.3 Å². The summed E-state index contributed by atoms with van der Waals surface area (Å²) in [5, 5.41) is 0. The van der Waals surface area contributed by atoms with Gasteiger partial charge in [-0.05, 0) is 26.0 Å². The molecule has 1 atom stereocenters. The van der Waals surface area contributed by atoms with Crippen LogP contribution in [0.3, 0.4) is 0 Å². The number of benzene rings is 1. The molecule has 2 nitrogen and oxygen atoms in total. The van der Waals surface area contributed by atoms with Gasteiger partial charge in [-0.3, -0.25) is 0 Å². The maximum absolute atomic E-state index is 12.5. The number of ether oxygens (including phenoxy) is 1. The van der Waals surface area contributed by atoms with Gasteiger partial charge < -0.3 is 4.74 Å². The molecule has 0 N–H and O–H groups in total. The summed E-state index contributed by atoms with van der Waals surface area (Å²) in [7, 11) is 0. The number of alkyl halides is 3. The second-order valence-corrected chi connectivity index (χ2v) is 4.42. The van der Waals surface area contributed by atoms with E-state index in [1.54, 1.807) is 0 Å². The molecule has 0 aliphatic carbocycles. The van der Waals surface area contributed by atoms with Crippen LogP contribution in [0.25, 0.3) is 0 Å². The van der Waals surface area contributed by atoms with Crippen molar-refractivity contribution in [2.45, 2.75) is 25.6 Å². The van der Waals surface area contributed by atoms with Crippen LogP contribution in [0.4, 0.5) is 13.2 Å². The zero-order chi connectivity index (χ0) is 15.6. The molecule has 1 aromatic carbocycles. The Balaban J connectivity index is 3.10. The van der Waals surface area contributed by atoms with Crippen LogP contribution in [-0.4, -0.2) is 5.97 Å². The number of hydrogen-bond acceptors (Lipinski definition) is 2. The monoisotopic (exact) mass is 282 g/mol. The molecule has 0 saturated heterocycles.